The Bertz CT molecular complexity index is 942. The fraction of sp³-hybridized carbons (Fsp3) is 0.526. The Morgan fingerprint density at radius 2 is 2.21 bits per heavy atom. The highest BCUT2D eigenvalue weighted by molar-refractivity contribution is 7.19. The summed E-state index contributed by atoms with van der Waals surface area (Å²) in [4.78, 5) is 40.5. The number of thiazole rings is 1. The minimum atomic E-state index is -0.794. The number of rotatable bonds is 5. The molecule has 1 saturated carbocycles. The Kier molecular flexibility index (Phi) is 4.57. The molecule has 2 atom stereocenters. The van der Waals surface area contributed by atoms with Crippen molar-refractivity contribution in [2.75, 3.05) is 11.9 Å². The summed E-state index contributed by atoms with van der Waals surface area (Å²) in [6.45, 7) is 6.69. The standard InChI is InChI=1S/C19H24N6O2S/c1-10(2)8-14-21-6-4-13(23-14)15-11(3)22-17(28-15)24-18(27)25-7-5-12-9-19(12,25)16(20)26/h4,6,10,12H,5,7-9H2,1-3H3,(H2,20,26)(H,22,24,27)/t12-,19+/m1/s1. The van der Waals surface area contributed by atoms with Gasteiger partial charge in [0, 0.05) is 19.2 Å². The Morgan fingerprint density at radius 1 is 1.43 bits per heavy atom. The average molecular weight is 401 g/mol. The van der Waals surface area contributed by atoms with Gasteiger partial charge in [-0.1, -0.05) is 25.2 Å². The third kappa shape index (κ3) is 3.13. The first kappa shape index (κ1) is 18.8. The van der Waals surface area contributed by atoms with E-state index in [9.17, 15) is 9.59 Å². The van der Waals surface area contributed by atoms with E-state index in [-0.39, 0.29) is 11.9 Å². The largest absolute Gasteiger partial charge is 0.368 e. The summed E-state index contributed by atoms with van der Waals surface area (Å²) < 4.78 is 0. The molecule has 0 aromatic carbocycles. The SMILES string of the molecule is Cc1nc(NC(=O)N2CC[C@@H]3C[C@@]32C(N)=O)sc1-c1ccnc(CC(C)C)n1. The molecule has 2 fully saturated rings. The number of aromatic nitrogens is 3. The van der Waals surface area contributed by atoms with Gasteiger partial charge in [0.2, 0.25) is 5.91 Å². The number of primary amides is 1. The van der Waals surface area contributed by atoms with Crippen molar-refractivity contribution in [3.63, 3.8) is 0 Å². The number of nitrogens with one attached hydrogen (secondary N) is 1. The zero-order chi connectivity index (χ0) is 20.1. The highest BCUT2D eigenvalue weighted by atomic mass is 32.1. The van der Waals surface area contributed by atoms with Gasteiger partial charge in [0.15, 0.2) is 5.13 Å². The first-order valence-electron chi connectivity index (χ1n) is 9.49. The molecule has 8 nitrogen and oxygen atoms in total. The Balaban J connectivity index is 1.52. The van der Waals surface area contributed by atoms with Crippen LogP contribution in [0.15, 0.2) is 12.3 Å². The lowest BCUT2D eigenvalue weighted by Crippen LogP contribution is -2.50. The van der Waals surface area contributed by atoms with Gasteiger partial charge in [0.1, 0.15) is 11.4 Å². The van der Waals surface area contributed by atoms with Gasteiger partial charge in [-0.25, -0.2) is 19.7 Å². The molecule has 1 saturated heterocycles. The monoisotopic (exact) mass is 400 g/mol. The van der Waals surface area contributed by atoms with Crippen LogP contribution in [0.1, 0.15) is 38.2 Å². The van der Waals surface area contributed by atoms with Gasteiger partial charge in [-0.05, 0) is 37.7 Å². The summed E-state index contributed by atoms with van der Waals surface area (Å²) in [7, 11) is 0. The zero-order valence-corrected chi connectivity index (χ0v) is 17.0. The Morgan fingerprint density at radius 3 is 2.89 bits per heavy atom. The number of nitrogens with two attached hydrogens (primary N) is 1. The first-order valence-corrected chi connectivity index (χ1v) is 10.3. The Hall–Kier alpha value is -2.55. The summed E-state index contributed by atoms with van der Waals surface area (Å²) in [6.07, 6.45) is 4.04. The summed E-state index contributed by atoms with van der Waals surface area (Å²) in [5.74, 6) is 1.05. The molecule has 3 N–H and O–H groups in total. The van der Waals surface area contributed by atoms with E-state index in [2.05, 4.69) is 34.1 Å². The second-order valence-corrected chi connectivity index (χ2v) is 8.95. The van der Waals surface area contributed by atoms with Gasteiger partial charge in [-0.2, -0.15) is 0 Å². The molecule has 148 valence electrons. The third-order valence-electron chi connectivity index (χ3n) is 5.47. The molecule has 28 heavy (non-hydrogen) atoms. The molecule has 2 aromatic rings. The summed E-state index contributed by atoms with van der Waals surface area (Å²) in [5, 5.41) is 3.33. The molecule has 2 aliphatic rings. The molecule has 4 rings (SSSR count). The van der Waals surface area contributed by atoms with Gasteiger partial charge in [-0.15, -0.1) is 0 Å². The zero-order valence-electron chi connectivity index (χ0n) is 16.2. The number of anilines is 1. The predicted molar refractivity (Wildman–Crippen MR) is 107 cm³/mol. The fourth-order valence-corrected chi connectivity index (χ4v) is 4.95. The number of hydrogen-bond acceptors (Lipinski definition) is 6. The lowest BCUT2D eigenvalue weighted by atomic mass is 10.1. The number of hydrogen-bond donors (Lipinski definition) is 2. The number of carbonyl (C=O) groups excluding carboxylic acids is 2. The molecule has 3 amide bonds. The first-order chi connectivity index (χ1) is 13.3. The molecule has 9 heteroatoms. The molecule has 2 aromatic heterocycles. The molecule has 0 spiro atoms. The smallest absolute Gasteiger partial charge is 0.324 e. The predicted octanol–water partition coefficient (Wildman–Crippen LogP) is 2.59. The molecule has 1 aliphatic heterocycles. The van der Waals surface area contributed by atoms with Crippen LogP contribution in [0.4, 0.5) is 9.93 Å². The number of nitrogens with zero attached hydrogens (tertiary/aromatic N) is 4. The van der Waals surface area contributed by atoms with Gasteiger partial charge in [0.05, 0.1) is 16.3 Å². The van der Waals surface area contributed by atoms with Crippen LogP contribution in [-0.2, 0) is 11.2 Å². The normalized spacial score (nSPS) is 23.0. The lowest BCUT2D eigenvalue weighted by molar-refractivity contribution is -0.123. The molecule has 0 radical (unpaired) electrons. The van der Waals surface area contributed by atoms with Crippen molar-refractivity contribution in [3.8, 4) is 10.6 Å². The van der Waals surface area contributed by atoms with Crippen LogP contribution in [0.2, 0.25) is 0 Å². The van der Waals surface area contributed by atoms with E-state index in [1.54, 1.807) is 11.1 Å². The van der Waals surface area contributed by atoms with Gasteiger partial charge in [0.25, 0.3) is 0 Å². The van der Waals surface area contributed by atoms with Crippen LogP contribution in [0.25, 0.3) is 10.6 Å². The maximum atomic E-state index is 12.7. The van der Waals surface area contributed by atoms with Gasteiger partial charge >= 0.3 is 6.03 Å². The van der Waals surface area contributed by atoms with E-state index in [0.717, 1.165) is 34.9 Å². The van der Waals surface area contributed by atoms with Gasteiger partial charge in [-0.3, -0.25) is 10.1 Å². The van der Waals surface area contributed by atoms with E-state index in [1.807, 2.05) is 13.0 Å². The summed E-state index contributed by atoms with van der Waals surface area (Å²) in [6, 6.07) is 1.54. The number of urea groups is 1. The number of likely N-dealkylation sites (tertiary alicyclic amines) is 1. The van der Waals surface area contributed by atoms with Crippen LogP contribution in [0.5, 0.6) is 0 Å². The maximum absolute atomic E-state index is 12.7. The number of fused-ring (bicyclic) bond motifs is 1. The number of carbonyl (C=O) groups is 2. The molecule has 0 bridgehead atoms. The van der Waals surface area contributed by atoms with Crippen LogP contribution >= 0.6 is 11.3 Å². The molecule has 1 aliphatic carbocycles. The fourth-order valence-electron chi connectivity index (χ4n) is 4.03. The van der Waals surface area contributed by atoms with Crippen molar-refractivity contribution in [3.05, 3.63) is 23.8 Å². The number of amides is 3. The van der Waals surface area contributed by atoms with E-state index in [0.29, 0.717) is 24.0 Å². The number of piperidine rings is 1. The maximum Gasteiger partial charge on any atom is 0.324 e. The average Bonchev–Trinajstić information content (AvgIpc) is 3.06. The minimum Gasteiger partial charge on any atom is -0.368 e. The van der Waals surface area contributed by atoms with E-state index in [1.165, 1.54) is 11.3 Å². The number of aryl methyl sites for hydroxylation is 1. The minimum absolute atomic E-state index is 0.199. The van der Waals surface area contributed by atoms with Crippen molar-refractivity contribution < 1.29 is 9.59 Å². The molecule has 0 unspecified atom stereocenters. The van der Waals surface area contributed by atoms with E-state index >= 15 is 0 Å². The van der Waals surface area contributed by atoms with Crippen molar-refractivity contribution in [1.82, 2.24) is 19.9 Å². The Labute approximate surface area is 167 Å². The van der Waals surface area contributed by atoms with E-state index in [4.69, 9.17) is 5.73 Å². The van der Waals surface area contributed by atoms with Crippen molar-refractivity contribution in [1.29, 1.82) is 0 Å². The molecule has 3 heterocycles. The molecular formula is C19H24N6O2S. The topological polar surface area (TPSA) is 114 Å². The van der Waals surface area contributed by atoms with Crippen LogP contribution in [-0.4, -0.2) is 43.9 Å². The summed E-state index contributed by atoms with van der Waals surface area (Å²) >= 11 is 1.37. The second-order valence-electron chi connectivity index (χ2n) is 7.95. The van der Waals surface area contributed by atoms with Crippen LogP contribution in [0, 0.1) is 18.8 Å². The van der Waals surface area contributed by atoms with Crippen molar-refractivity contribution >= 4 is 28.4 Å². The van der Waals surface area contributed by atoms with Crippen molar-refractivity contribution in [2.45, 2.75) is 45.6 Å². The second kappa shape index (κ2) is 6.80. The highest BCUT2D eigenvalue weighted by Gasteiger charge is 2.67. The third-order valence-corrected chi connectivity index (χ3v) is 6.56. The summed E-state index contributed by atoms with van der Waals surface area (Å²) in [5.41, 5.74) is 6.37. The quantitative estimate of drug-likeness (QED) is 0.801. The van der Waals surface area contributed by atoms with Crippen LogP contribution < -0.4 is 11.1 Å². The van der Waals surface area contributed by atoms with Crippen molar-refractivity contribution in [2.24, 2.45) is 17.6 Å². The molecular weight excluding hydrogens is 376 g/mol. The van der Waals surface area contributed by atoms with Crippen LogP contribution in [0.3, 0.4) is 0 Å². The van der Waals surface area contributed by atoms with Gasteiger partial charge < -0.3 is 10.6 Å². The van der Waals surface area contributed by atoms with E-state index < -0.39 is 11.4 Å². The highest BCUT2D eigenvalue weighted by Crippen LogP contribution is 2.55. The lowest BCUT2D eigenvalue weighted by Gasteiger charge is -2.25.